The van der Waals surface area contributed by atoms with Crippen molar-refractivity contribution in [1.29, 1.82) is 0 Å². The van der Waals surface area contributed by atoms with Gasteiger partial charge in [-0.05, 0) is 36.4 Å². The Morgan fingerprint density at radius 2 is 1.76 bits per heavy atom. The van der Waals surface area contributed by atoms with Gasteiger partial charge in [-0.25, -0.2) is 9.07 Å². The molecule has 0 aliphatic heterocycles. The molecule has 11 heteroatoms. The van der Waals surface area contributed by atoms with Crippen LogP contribution in [0.5, 0.6) is 0 Å². The monoisotopic (exact) mass is 507 g/mol. The Labute approximate surface area is 199 Å². The molecule has 0 fully saturated rings. The van der Waals surface area contributed by atoms with Crippen molar-refractivity contribution in [2.24, 2.45) is 0 Å². The van der Waals surface area contributed by atoms with Crippen LogP contribution in [-0.4, -0.2) is 14.9 Å². The summed E-state index contributed by atoms with van der Waals surface area (Å²) in [6.45, 7) is 0. The molecule has 0 N–H and O–H groups in total. The molecule has 0 saturated heterocycles. The fraction of sp³-hybridized carbons (Fsp3) is 0.0435. The number of hydrogen-bond donors (Lipinski definition) is 0. The first-order valence-electron chi connectivity index (χ1n) is 9.64. The van der Waals surface area contributed by atoms with Crippen LogP contribution < -0.4 is 0 Å². The molecule has 0 spiro atoms. The summed E-state index contributed by atoms with van der Waals surface area (Å²) >= 11 is 12.2. The number of nitrogens with zero attached hydrogens (tertiary/aromatic N) is 3. The zero-order chi connectivity index (χ0) is 24.0. The van der Waals surface area contributed by atoms with Crippen LogP contribution in [0.25, 0.3) is 39.4 Å². The summed E-state index contributed by atoms with van der Waals surface area (Å²) in [7, 11) is 0. The Morgan fingerprint density at radius 3 is 2.44 bits per heavy atom. The Bertz CT molecular complexity index is 1470. The average molecular weight is 508 g/mol. The summed E-state index contributed by atoms with van der Waals surface area (Å²) in [5.74, 6) is -1.00. The van der Waals surface area contributed by atoms with Crippen LogP contribution in [0.2, 0.25) is 10.0 Å². The van der Waals surface area contributed by atoms with Gasteiger partial charge in [-0.3, -0.25) is 0 Å². The number of hydrogen-bond acceptors (Lipinski definition) is 4. The van der Waals surface area contributed by atoms with E-state index in [1.165, 1.54) is 55.0 Å². The van der Waals surface area contributed by atoms with E-state index in [1.54, 1.807) is 0 Å². The maximum Gasteiger partial charge on any atom is 0.434 e. The Morgan fingerprint density at radius 1 is 0.971 bits per heavy atom. The van der Waals surface area contributed by atoms with E-state index < -0.39 is 23.3 Å². The Balaban J connectivity index is 1.80. The zero-order valence-corrected chi connectivity index (χ0v) is 18.3. The van der Waals surface area contributed by atoms with Crippen LogP contribution in [-0.2, 0) is 6.18 Å². The normalized spacial score (nSPS) is 11.8. The quantitative estimate of drug-likeness (QED) is 0.232. The van der Waals surface area contributed by atoms with Gasteiger partial charge >= 0.3 is 6.18 Å². The van der Waals surface area contributed by atoms with Gasteiger partial charge in [-0.2, -0.15) is 18.3 Å². The molecule has 2 aromatic carbocycles. The molecule has 0 aliphatic rings. The highest BCUT2D eigenvalue weighted by molar-refractivity contribution is 6.33. The third-order valence-corrected chi connectivity index (χ3v) is 5.59. The number of halogens is 6. The van der Waals surface area contributed by atoms with Crippen molar-refractivity contribution in [3.05, 3.63) is 88.8 Å². The van der Waals surface area contributed by atoms with Crippen molar-refractivity contribution >= 4 is 23.2 Å². The van der Waals surface area contributed by atoms with E-state index in [0.29, 0.717) is 10.2 Å². The number of furan rings is 1. The van der Waals surface area contributed by atoms with Crippen molar-refractivity contribution in [2.45, 2.75) is 6.18 Å². The lowest BCUT2D eigenvalue weighted by atomic mass is 9.98. The predicted octanol–water partition coefficient (Wildman–Crippen LogP) is 7.92. The van der Waals surface area contributed by atoms with Crippen molar-refractivity contribution in [1.82, 2.24) is 14.9 Å². The minimum absolute atomic E-state index is 0.00950. The standard InChI is InChI=1S/C23H11Cl2F4N3O2/c24-13-3-1-4-14(9-13)32-22(23(27,28)29)15(10-30-32)21-18(12-7-8-33-11-12)20(31-34-21)19-16(25)5-2-6-17(19)26/h1-11H. The molecule has 0 amide bonds. The average Bonchev–Trinajstić information content (AvgIpc) is 3.52. The lowest BCUT2D eigenvalue weighted by Crippen LogP contribution is -2.14. The molecule has 5 rings (SSSR count). The molecular weight excluding hydrogens is 497 g/mol. The van der Waals surface area contributed by atoms with Crippen molar-refractivity contribution < 1.29 is 26.5 Å². The fourth-order valence-electron chi connectivity index (χ4n) is 3.63. The molecular formula is C23H11Cl2F4N3O2. The van der Waals surface area contributed by atoms with Gasteiger partial charge in [0, 0.05) is 10.6 Å². The van der Waals surface area contributed by atoms with Crippen molar-refractivity contribution in [3.63, 3.8) is 0 Å². The van der Waals surface area contributed by atoms with Crippen LogP contribution in [0.3, 0.4) is 0 Å². The summed E-state index contributed by atoms with van der Waals surface area (Å²) in [6, 6.07) is 11.3. The van der Waals surface area contributed by atoms with Gasteiger partial charge in [0.25, 0.3) is 0 Å². The first kappa shape index (κ1) is 22.2. The first-order valence-corrected chi connectivity index (χ1v) is 10.4. The minimum Gasteiger partial charge on any atom is -0.472 e. The van der Waals surface area contributed by atoms with Gasteiger partial charge in [-0.1, -0.05) is 40.5 Å². The molecule has 0 atom stereocenters. The van der Waals surface area contributed by atoms with Crippen LogP contribution in [0.15, 0.2) is 76.2 Å². The molecule has 34 heavy (non-hydrogen) atoms. The summed E-state index contributed by atoms with van der Waals surface area (Å²) in [6.07, 6.45) is -1.24. The van der Waals surface area contributed by atoms with Gasteiger partial charge in [0.2, 0.25) is 0 Å². The molecule has 0 bridgehead atoms. The summed E-state index contributed by atoms with van der Waals surface area (Å²) in [4.78, 5) is 0. The second-order valence-electron chi connectivity index (χ2n) is 7.14. The fourth-order valence-corrected chi connectivity index (χ4v) is 4.07. The third kappa shape index (κ3) is 3.76. The molecule has 3 heterocycles. The molecule has 0 unspecified atom stereocenters. The van der Waals surface area contributed by atoms with Crippen molar-refractivity contribution in [3.8, 4) is 39.4 Å². The van der Waals surface area contributed by atoms with E-state index in [1.807, 2.05) is 0 Å². The van der Waals surface area contributed by atoms with E-state index in [9.17, 15) is 17.6 Å². The largest absolute Gasteiger partial charge is 0.472 e. The van der Waals surface area contributed by atoms with E-state index in [2.05, 4.69) is 10.3 Å². The number of rotatable bonds is 4. The molecule has 5 aromatic rings. The van der Waals surface area contributed by atoms with Gasteiger partial charge < -0.3 is 8.94 Å². The van der Waals surface area contributed by atoms with Gasteiger partial charge in [-0.15, -0.1) is 0 Å². The summed E-state index contributed by atoms with van der Waals surface area (Å²) in [5.41, 5.74) is -1.26. The first-order chi connectivity index (χ1) is 16.3. The number of benzene rings is 2. The molecule has 0 saturated carbocycles. The smallest absolute Gasteiger partial charge is 0.434 e. The maximum atomic E-state index is 14.7. The van der Waals surface area contributed by atoms with Crippen molar-refractivity contribution in [2.75, 3.05) is 0 Å². The van der Waals surface area contributed by atoms with E-state index in [4.69, 9.17) is 32.1 Å². The van der Waals surface area contributed by atoms with Gasteiger partial charge in [0.05, 0.1) is 46.1 Å². The van der Waals surface area contributed by atoms with E-state index in [-0.39, 0.29) is 38.3 Å². The highest BCUT2D eigenvalue weighted by atomic mass is 35.5. The lowest BCUT2D eigenvalue weighted by molar-refractivity contribution is -0.142. The maximum absolute atomic E-state index is 14.7. The highest BCUT2D eigenvalue weighted by Gasteiger charge is 2.41. The van der Waals surface area contributed by atoms with Gasteiger partial charge in [0.1, 0.15) is 11.5 Å². The summed E-state index contributed by atoms with van der Waals surface area (Å²) in [5, 5.41) is 8.07. The SMILES string of the molecule is Fc1cccc(Cl)c1-c1noc(-c2cnn(-c3cccc(Cl)c3)c2C(F)(F)F)c1-c1ccoc1. The van der Waals surface area contributed by atoms with Crippen LogP contribution >= 0.6 is 23.2 Å². The Kier molecular flexibility index (Phi) is 5.45. The van der Waals surface area contributed by atoms with Crippen LogP contribution in [0.1, 0.15) is 5.69 Å². The number of alkyl halides is 3. The predicted molar refractivity (Wildman–Crippen MR) is 117 cm³/mol. The zero-order valence-electron chi connectivity index (χ0n) is 16.8. The lowest BCUT2D eigenvalue weighted by Gasteiger charge is -2.12. The minimum atomic E-state index is -4.84. The Hall–Kier alpha value is -3.56. The number of aromatic nitrogens is 3. The summed E-state index contributed by atoms with van der Waals surface area (Å²) < 4.78 is 68.8. The molecule has 0 aliphatic carbocycles. The van der Waals surface area contributed by atoms with Gasteiger partial charge in [0.15, 0.2) is 11.5 Å². The third-order valence-electron chi connectivity index (χ3n) is 5.04. The topological polar surface area (TPSA) is 57.0 Å². The highest BCUT2D eigenvalue weighted by Crippen LogP contribution is 2.46. The second kappa shape index (κ2) is 8.34. The molecule has 5 nitrogen and oxygen atoms in total. The van der Waals surface area contributed by atoms with E-state index >= 15 is 0 Å². The molecule has 172 valence electrons. The van der Waals surface area contributed by atoms with Crippen LogP contribution in [0, 0.1) is 5.82 Å². The van der Waals surface area contributed by atoms with E-state index in [0.717, 1.165) is 12.3 Å². The second-order valence-corrected chi connectivity index (χ2v) is 7.98. The van der Waals surface area contributed by atoms with Crippen LogP contribution in [0.4, 0.5) is 17.6 Å². The molecule has 0 radical (unpaired) electrons. The molecule has 3 aromatic heterocycles.